The van der Waals surface area contributed by atoms with Crippen LogP contribution in [-0.2, 0) is 0 Å². The van der Waals surface area contributed by atoms with E-state index < -0.39 is 0 Å². The van der Waals surface area contributed by atoms with Crippen LogP contribution in [0.5, 0.6) is 0 Å². The maximum Gasteiger partial charge on any atom is 0.151 e. The van der Waals surface area contributed by atoms with Crippen molar-refractivity contribution in [2.75, 3.05) is 31.1 Å². The lowest BCUT2D eigenvalue weighted by Crippen LogP contribution is -2.43. The fourth-order valence-corrected chi connectivity index (χ4v) is 1.47. The molecule has 0 atom stereocenters. The van der Waals surface area contributed by atoms with Crippen molar-refractivity contribution in [2.45, 2.75) is 0 Å². The first-order valence-electron chi connectivity index (χ1n) is 4.31. The van der Waals surface area contributed by atoms with Crippen molar-refractivity contribution in [3.63, 3.8) is 0 Å². The Bertz CT molecular complexity index is 276. The topological polar surface area (TPSA) is 41.0 Å². The highest BCUT2D eigenvalue weighted by molar-refractivity contribution is 6.29. The molecule has 4 nitrogen and oxygen atoms in total. The number of nitrogens with one attached hydrogen (secondary N) is 1. The van der Waals surface area contributed by atoms with Crippen LogP contribution in [0.2, 0.25) is 5.15 Å². The molecule has 1 aromatic rings. The number of nitrogens with zero attached hydrogens (tertiary/aromatic N) is 3. The normalized spacial score (nSPS) is 14.2. The molecule has 8 heteroatoms. The number of rotatable bonds is 1. The molecule has 0 saturated carbocycles. The van der Waals surface area contributed by atoms with Gasteiger partial charge >= 0.3 is 0 Å². The second-order valence-electron chi connectivity index (χ2n) is 2.95. The molecule has 2 rings (SSSR count). The van der Waals surface area contributed by atoms with Crippen molar-refractivity contribution in [2.24, 2.45) is 0 Å². The molecule has 0 aliphatic carbocycles. The summed E-state index contributed by atoms with van der Waals surface area (Å²) >= 11 is 5.65. The lowest BCUT2D eigenvalue weighted by molar-refractivity contribution is 0.582. The largest absolute Gasteiger partial charge is 0.353 e. The van der Waals surface area contributed by atoms with E-state index in [1.165, 1.54) is 0 Å². The molecule has 1 saturated heterocycles. The van der Waals surface area contributed by atoms with Crippen molar-refractivity contribution in [3.8, 4) is 0 Å². The van der Waals surface area contributed by atoms with Crippen molar-refractivity contribution >= 4 is 54.6 Å². The van der Waals surface area contributed by atoms with Gasteiger partial charge in [0.05, 0.1) is 0 Å². The highest BCUT2D eigenvalue weighted by atomic mass is 35.5. The maximum atomic E-state index is 5.65. The zero-order valence-electron chi connectivity index (χ0n) is 8.43. The van der Waals surface area contributed by atoms with Crippen LogP contribution in [0.25, 0.3) is 0 Å². The Labute approximate surface area is 118 Å². The number of anilines is 1. The van der Waals surface area contributed by atoms with Gasteiger partial charge in [0.15, 0.2) is 11.0 Å². The predicted molar refractivity (Wildman–Crippen MR) is 73.9 cm³/mol. The molecule has 0 amide bonds. The fourth-order valence-electron chi connectivity index (χ4n) is 1.37. The quantitative estimate of drug-likeness (QED) is 0.859. The number of aromatic nitrogens is 2. The minimum Gasteiger partial charge on any atom is -0.353 e. The third-order valence-corrected chi connectivity index (χ3v) is 2.26. The number of halogens is 4. The van der Waals surface area contributed by atoms with Crippen LogP contribution < -0.4 is 10.2 Å². The average molecular weight is 308 g/mol. The first-order valence-corrected chi connectivity index (χ1v) is 4.69. The first-order chi connectivity index (χ1) is 6.36. The third-order valence-electron chi connectivity index (χ3n) is 2.06. The highest BCUT2D eigenvalue weighted by Crippen LogP contribution is 2.11. The Morgan fingerprint density at radius 1 is 1.06 bits per heavy atom. The summed E-state index contributed by atoms with van der Waals surface area (Å²) in [5, 5.41) is 11.5. The van der Waals surface area contributed by atoms with Crippen molar-refractivity contribution in [1.29, 1.82) is 0 Å². The molecule has 0 bridgehead atoms. The Kier molecular flexibility index (Phi) is 10.4. The molecule has 1 aliphatic heterocycles. The summed E-state index contributed by atoms with van der Waals surface area (Å²) in [6, 6.07) is 3.67. The molecule has 0 unspecified atom stereocenters. The second-order valence-corrected chi connectivity index (χ2v) is 3.34. The maximum absolute atomic E-state index is 5.65. The predicted octanol–water partition coefficient (Wildman–Crippen LogP) is 1.80. The van der Waals surface area contributed by atoms with Crippen LogP contribution in [0, 0.1) is 0 Å². The SMILES string of the molecule is Cl.Cl.Cl.Clc1ccc(N2CCNCC2)nn1. The molecule has 1 aliphatic rings. The van der Waals surface area contributed by atoms with Gasteiger partial charge in [-0.2, -0.15) is 0 Å². The lowest BCUT2D eigenvalue weighted by Gasteiger charge is -2.27. The van der Waals surface area contributed by atoms with Crippen LogP contribution in [0.15, 0.2) is 12.1 Å². The Morgan fingerprint density at radius 3 is 2.19 bits per heavy atom. The minimum absolute atomic E-state index is 0. The Morgan fingerprint density at radius 2 is 1.69 bits per heavy atom. The number of hydrogen-bond acceptors (Lipinski definition) is 4. The molecule has 16 heavy (non-hydrogen) atoms. The zero-order valence-corrected chi connectivity index (χ0v) is 11.6. The highest BCUT2D eigenvalue weighted by Gasteiger charge is 2.11. The van der Waals surface area contributed by atoms with Gasteiger partial charge in [0.25, 0.3) is 0 Å². The molecule has 94 valence electrons. The summed E-state index contributed by atoms with van der Waals surface area (Å²) < 4.78 is 0. The number of hydrogen-bond donors (Lipinski definition) is 1. The smallest absolute Gasteiger partial charge is 0.151 e. The van der Waals surface area contributed by atoms with E-state index in [-0.39, 0.29) is 37.2 Å². The minimum atomic E-state index is 0. The lowest BCUT2D eigenvalue weighted by atomic mass is 10.3. The third kappa shape index (κ3) is 4.89. The summed E-state index contributed by atoms with van der Waals surface area (Å²) in [7, 11) is 0. The van der Waals surface area contributed by atoms with Gasteiger partial charge in [-0.25, -0.2) is 0 Å². The molecule has 1 fully saturated rings. The van der Waals surface area contributed by atoms with E-state index in [1.807, 2.05) is 6.07 Å². The van der Waals surface area contributed by atoms with E-state index >= 15 is 0 Å². The summed E-state index contributed by atoms with van der Waals surface area (Å²) in [5.41, 5.74) is 0. The van der Waals surface area contributed by atoms with Gasteiger partial charge in [-0.3, -0.25) is 0 Å². The second kappa shape index (κ2) is 9.07. The van der Waals surface area contributed by atoms with E-state index in [9.17, 15) is 0 Å². The van der Waals surface area contributed by atoms with Gasteiger partial charge in [-0.1, -0.05) is 11.6 Å². The van der Waals surface area contributed by atoms with E-state index in [0.29, 0.717) is 5.15 Å². The van der Waals surface area contributed by atoms with Crippen LogP contribution >= 0.6 is 48.8 Å². The van der Waals surface area contributed by atoms with Crippen molar-refractivity contribution in [3.05, 3.63) is 17.3 Å². The van der Waals surface area contributed by atoms with Gasteiger partial charge in [0, 0.05) is 26.2 Å². The fraction of sp³-hybridized carbons (Fsp3) is 0.500. The standard InChI is InChI=1S/C8H11ClN4.3ClH/c9-7-1-2-8(12-11-7)13-5-3-10-4-6-13;;;/h1-2,10H,3-6H2;3*1H. The Hall–Kier alpha value is -0.000000000000000222. The van der Waals surface area contributed by atoms with Crippen LogP contribution in [0.1, 0.15) is 0 Å². The van der Waals surface area contributed by atoms with Crippen molar-refractivity contribution in [1.82, 2.24) is 15.5 Å². The van der Waals surface area contributed by atoms with Gasteiger partial charge in [0.2, 0.25) is 0 Å². The van der Waals surface area contributed by atoms with Gasteiger partial charge in [-0.15, -0.1) is 47.4 Å². The molecule has 2 heterocycles. The zero-order chi connectivity index (χ0) is 9.10. The number of piperazine rings is 1. The van der Waals surface area contributed by atoms with Crippen LogP contribution in [0.4, 0.5) is 5.82 Å². The van der Waals surface area contributed by atoms with Crippen LogP contribution in [0.3, 0.4) is 0 Å². The van der Waals surface area contributed by atoms with E-state index in [4.69, 9.17) is 11.6 Å². The van der Waals surface area contributed by atoms with Gasteiger partial charge in [-0.05, 0) is 12.1 Å². The van der Waals surface area contributed by atoms with Crippen molar-refractivity contribution < 1.29 is 0 Å². The molecule has 0 spiro atoms. The van der Waals surface area contributed by atoms with E-state index in [1.54, 1.807) is 6.07 Å². The Balaban J connectivity index is 0. The van der Waals surface area contributed by atoms with Crippen LogP contribution in [-0.4, -0.2) is 36.4 Å². The monoisotopic (exact) mass is 306 g/mol. The molecule has 1 aromatic heterocycles. The molecule has 0 aromatic carbocycles. The van der Waals surface area contributed by atoms with E-state index in [0.717, 1.165) is 32.0 Å². The summed E-state index contributed by atoms with van der Waals surface area (Å²) in [5.74, 6) is 0.908. The summed E-state index contributed by atoms with van der Waals surface area (Å²) in [4.78, 5) is 2.19. The van der Waals surface area contributed by atoms with Gasteiger partial charge < -0.3 is 10.2 Å². The first kappa shape index (κ1) is 18.4. The summed E-state index contributed by atoms with van der Waals surface area (Å²) in [6.45, 7) is 3.97. The summed E-state index contributed by atoms with van der Waals surface area (Å²) in [6.07, 6.45) is 0. The van der Waals surface area contributed by atoms with E-state index in [2.05, 4.69) is 20.4 Å². The average Bonchev–Trinajstić information content (AvgIpc) is 2.20. The molecule has 1 N–H and O–H groups in total. The molecular weight excluding hydrogens is 294 g/mol. The van der Waals surface area contributed by atoms with Gasteiger partial charge in [0.1, 0.15) is 0 Å². The molecular formula is C8H14Cl4N4. The molecule has 0 radical (unpaired) electrons.